The van der Waals surface area contributed by atoms with Crippen LogP contribution in [-0.4, -0.2) is 27.3 Å². The van der Waals surface area contributed by atoms with Crippen molar-refractivity contribution in [2.24, 2.45) is 0 Å². The molecule has 1 aliphatic carbocycles. The van der Waals surface area contributed by atoms with E-state index < -0.39 is 0 Å². The average molecular weight is 417 g/mol. The molecule has 2 aromatic carbocycles. The molecule has 0 bridgehead atoms. The molecule has 0 spiro atoms. The van der Waals surface area contributed by atoms with Crippen LogP contribution in [0.25, 0.3) is 11.4 Å². The maximum absolute atomic E-state index is 12.5. The Bertz CT molecular complexity index is 1080. The third-order valence-electron chi connectivity index (χ3n) is 5.39. The zero-order valence-corrected chi connectivity index (χ0v) is 18.1. The van der Waals surface area contributed by atoms with Crippen LogP contribution >= 0.6 is 0 Å². The van der Waals surface area contributed by atoms with Crippen LogP contribution < -0.4 is 10.1 Å². The number of rotatable bonds is 9. The summed E-state index contributed by atoms with van der Waals surface area (Å²) in [5, 5.41) is 11.9. The van der Waals surface area contributed by atoms with Crippen molar-refractivity contribution in [1.29, 1.82) is 0 Å². The highest BCUT2D eigenvalue weighted by atomic mass is 16.5. The largest absolute Gasteiger partial charge is 0.490 e. The first kappa shape index (κ1) is 20.8. The minimum absolute atomic E-state index is 0.0115. The Balaban J connectivity index is 1.45. The number of hydrogen-bond acceptors (Lipinski definition) is 4. The molecule has 0 atom stereocenters. The summed E-state index contributed by atoms with van der Waals surface area (Å²) in [6.07, 6.45) is 4.88. The Morgan fingerprint density at radius 3 is 2.65 bits per heavy atom. The fourth-order valence-electron chi connectivity index (χ4n) is 3.65. The maximum atomic E-state index is 12.5. The van der Waals surface area contributed by atoms with Crippen LogP contribution in [0.15, 0.2) is 55.1 Å². The topological polar surface area (TPSA) is 69.0 Å². The van der Waals surface area contributed by atoms with E-state index in [1.807, 2.05) is 50.2 Å². The smallest absolute Gasteiger partial charge is 0.224 e. The van der Waals surface area contributed by atoms with Gasteiger partial charge in [-0.2, -0.15) is 0 Å². The molecular weight excluding hydrogens is 388 g/mol. The number of carbonyl (C=O) groups is 1. The number of aromatic nitrogens is 3. The fraction of sp³-hybridized carbons (Fsp3) is 0.320. The SMILES string of the molecule is C=CCOc1ccc(-c2nnc(CCC(=O)Nc3ccc(C)cc3C)n2C2CC2)cc1. The van der Waals surface area contributed by atoms with Crippen LogP contribution in [0.3, 0.4) is 0 Å². The van der Waals surface area contributed by atoms with Crippen molar-refractivity contribution in [3.05, 3.63) is 72.1 Å². The molecule has 0 saturated heterocycles. The molecular formula is C25H28N4O2. The molecule has 1 saturated carbocycles. The van der Waals surface area contributed by atoms with Gasteiger partial charge in [0.2, 0.25) is 5.91 Å². The molecule has 0 radical (unpaired) electrons. The zero-order valence-electron chi connectivity index (χ0n) is 18.1. The molecule has 0 aliphatic heterocycles. The molecule has 1 aliphatic rings. The predicted octanol–water partition coefficient (Wildman–Crippen LogP) is 5.03. The molecule has 160 valence electrons. The standard InChI is InChI=1S/C25H28N4O2/c1-4-15-31-21-10-6-19(7-11-21)25-28-27-23(29(25)20-8-9-20)13-14-24(30)26-22-12-5-17(2)16-18(22)3/h4-7,10-12,16,20H,1,8-9,13-15H2,2-3H3,(H,26,30). The van der Waals surface area contributed by atoms with Crippen LogP contribution in [0.1, 0.15) is 42.3 Å². The third kappa shape index (κ3) is 5.02. The van der Waals surface area contributed by atoms with E-state index in [1.165, 1.54) is 5.56 Å². The number of aryl methyl sites for hydroxylation is 3. The zero-order chi connectivity index (χ0) is 21.8. The van der Waals surface area contributed by atoms with Crippen LogP contribution in [0.5, 0.6) is 5.75 Å². The lowest BCUT2D eigenvalue weighted by Gasteiger charge is -2.11. The van der Waals surface area contributed by atoms with Gasteiger partial charge in [-0.3, -0.25) is 4.79 Å². The van der Waals surface area contributed by atoms with Crippen molar-refractivity contribution in [3.63, 3.8) is 0 Å². The van der Waals surface area contributed by atoms with Gasteiger partial charge in [0.05, 0.1) is 0 Å². The number of carbonyl (C=O) groups excluding carboxylic acids is 1. The Morgan fingerprint density at radius 1 is 1.19 bits per heavy atom. The predicted molar refractivity (Wildman–Crippen MR) is 122 cm³/mol. The van der Waals surface area contributed by atoms with Crippen molar-refractivity contribution in [2.45, 2.75) is 45.6 Å². The molecule has 0 unspecified atom stereocenters. The third-order valence-corrected chi connectivity index (χ3v) is 5.39. The highest BCUT2D eigenvalue weighted by Gasteiger charge is 2.30. The minimum Gasteiger partial charge on any atom is -0.490 e. The van der Waals surface area contributed by atoms with E-state index >= 15 is 0 Å². The summed E-state index contributed by atoms with van der Waals surface area (Å²) in [7, 11) is 0. The van der Waals surface area contributed by atoms with Gasteiger partial charge < -0.3 is 14.6 Å². The van der Waals surface area contributed by atoms with E-state index in [1.54, 1.807) is 6.08 Å². The molecule has 1 aromatic heterocycles. The normalized spacial score (nSPS) is 13.1. The second-order valence-corrected chi connectivity index (χ2v) is 8.03. The van der Waals surface area contributed by atoms with Crippen LogP contribution in [-0.2, 0) is 11.2 Å². The Kier molecular flexibility index (Phi) is 6.16. The van der Waals surface area contributed by atoms with Gasteiger partial charge in [-0.15, -0.1) is 10.2 Å². The Labute approximate surface area is 183 Å². The van der Waals surface area contributed by atoms with Gasteiger partial charge in [0.25, 0.3) is 0 Å². The van der Waals surface area contributed by atoms with Crippen molar-refractivity contribution < 1.29 is 9.53 Å². The molecule has 1 N–H and O–H groups in total. The number of anilines is 1. The van der Waals surface area contributed by atoms with Crippen LogP contribution in [0, 0.1) is 13.8 Å². The lowest BCUT2D eigenvalue weighted by atomic mass is 10.1. The minimum atomic E-state index is -0.0115. The van der Waals surface area contributed by atoms with Crippen molar-refractivity contribution in [3.8, 4) is 17.1 Å². The molecule has 1 fully saturated rings. The van der Waals surface area contributed by atoms with E-state index in [4.69, 9.17) is 4.74 Å². The first-order chi connectivity index (χ1) is 15.0. The highest BCUT2D eigenvalue weighted by molar-refractivity contribution is 5.91. The summed E-state index contributed by atoms with van der Waals surface area (Å²) in [5.41, 5.74) is 4.10. The van der Waals surface area contributed by atoms with Gasteiger partial charge in [-0.25, -0.2) is 0 Å². The van der Waals surface area contributed by atoms with E-state index in [2.05, 4.69) is 32.7 Å². The number of benzene rings is 2. The van der Waals surface area contributed by atoms with Crippen molar-refractivity contribution in [1.82, 2.24) is 14.8 Å². The number of nitrogens with zero attached hydrogens (tertiary/aromatic N) is 3. The van der Waals surface area contributed by atoms with Gasteiger partial charge in [0.1, 0.15) is 18.2 Å². The average Bonchev–Trinajstić information content (AvgIpc) is 3.52. The molecule has 31 heavy (non-hydrogen) atoms. The van der Waals surface area contributed by atoms with Crippen molar-refractivity contribution >= 4 is 11.6 Å². The first-order valence-corrected chi connectivity index (χ1v) is 10.7. The van der Waals surface area contributed by atoms with E-state index in [0.29, 0.717) is 25.5 Å². The Hall–Kier alpha value is -3.41. The maximum Gasteiger partial charge on any atom is 0.224 e. The summed E-state index contributed by atoms with van der Waals surface area (Å²) in [5.74, 6) is 2.50. The molecule has 1 heterocycles. The van der Waals surface area contributed by atoms with Gasteiger partial charge in [-0.05, 0) is 62.6 Å². The summed E-state index contributed by atoms with van der Waals surface area (Å²) in [6.45, 7) is 8.20. The molecule has 6 heteroatoms. The Morgan fingerprint density at radius 2 is 1.97 bits per heavy atom. The number of amides is 1. The van der Waals surface area contributed by atoms with E-state index in [-0.39, 0.29) is 5.91 Å². The van der Waals surface area contributed by atoms with Crippen LogP contribution in [0.2, 0.25) is 0 Å². The lowest BCUT2D eigenvalue weighted by molar-refractivity contribution is -0.116. The monoisotopic (exact) mass is 416 g/mol. The van der Waals surface area contributed by atoms with Gasteiger partial charge >= 0.3 is 0 Å². The number of hydrogen-bond donors (Lipinski definition) is 1. The second kappa shape index (κ2) is 9.16. The van der Waals surface area contributed by atoms with Gasteiger partial charge in [0.15, 0.2) is 5.82 Å². The van der Waals surface area contributed by atoms with Crippen LogP contribution in [0.4, 0.5) is 5.69 Å². The highest BCUT2D eigenvalue weighted by Crippen LogP contribution is 2.39. The second-order valence-electron chi connectivity index (χ2n) is 8.03. The van der Waals surface area contributed by atoms with Crippen molar-refractivity contribution in [2.75, 3.05) is 11.9 Å². The molecule has 6 nitrogen and oxygen atoms in total. The molecule has 3 aromatic rings. The summed E-state index contributed by atoms with van der Waals surface area (Å²) in [6, 6.07) is 14.3. The quantitative estimate of drug-likeness (QED) is 0.497. The first-order valence-electron chi connectivity index (χ1n) is 10.7. The number of ether oxygens (including phenoxy) is 1. The molecule has 4 rings (SSSR count). The van der Waals surface area contributed by atoms with Gasteiger partial charge in [0, 0.05) is 30.1 Å². The number of nitrogens with one attached hydrogen (secondary N) is 1. The summed E-state index contributed by atoms with van der Waals surface area (Å²) >= 11 is 0. The summed E-state index contributed by atoms with van der Waals surface area (Å²) < 4.78 is 7.76. The van der Waals surface area contributed by atoms with E-state index in [9.17, 15) is 4.79 Å². The van der Waals surface area contributed by atoms with Gasteiger partial charge in [-0.1, -0.05) is 30.4 Å². The fourth-order valence-corrected chi connectivity index (χ4v) is 3.65. The summed E-state index contributed by atoms with van der Waals surface area (Å²) in [4.78, 5) is 12.5. The van der Waals surface area contributed by atoms with E-state index in [0.717, 1.165) is 47.1 Å². The molecule has 1 amide bonds. The lowest BCUT2D eigenvalue weighted by Crippen LogP contribution is -2.15.